The van der Waals surface area contributed by atoms with Crippen LogP contribution in [0.3, 0.4) is 0 Å². The number of rotatable bonds is 6. The highest BCUT2D eigenvalue weighted by molar-refractivity contribution is 7.91. The molecule has 1 N–H and O–H groups in total. The molecular formula is C20H25N5O3S. The molecule has 1 fully saturated rings. The predicted octanol–water partition coefficient (Wildman–Crippen LogP) is 1.80. The zero-order valence-electron chi connectivity index (χ0n) is 16.8. The zero-order valence-corrected chi connectivity index (χ0v) is 17.7. The summed E-state index contributed by atoms with van der Waals surface area (Å²) in [6.07, 6.45) is 0.584. The number of aryl methyl sites for hydroxylation is 1. The van der Waals surface area contributed by atoms with E-state index in [9.17, 15) is 13.2 Å². The van der Waals surface area contributed by atoms with E-state index in [1.165, 1.54) is 0 Å². The van der Waals surface area contributed by atoms with Crippen molar-refractivity contribution in [3.8, 4) is 6.07 Å². The van der Waals surface area contributed by atoms with Crippen molar-refractivity contribution in [3.05, 3.63) is 46.8 Å². The first-order valence-corrected chi connectivity index (χ1v) is 11.2. The molecule has 0 radical (unpaired) electrons. The van der Waals surface area contributed by atoms with Crippen molar-refractivity contribution in [1.82, 2.24) is 14.7 Å². The third-order valence-electron chi connectivity index (χ3n) is 5.19. The number of hydrogen-bond donors (Lipinski definition) is 1. The Morgan fingerprint density at radius 3 is 2.76 bits per heavy atom. The van der Waals surface area contributed by atoms with E-state index in [1.807, 2.05) is 30.5 Å². The molecule has 0 bridgehead atoms. The van der Waals surface area contributed by atoms with Gasteiger partial charge < -0.3 is 5.32 Å². The van der Waals surface area contributed by atoms with Gasteiger partial charge in [0.05, 0.1) is 41.0 Å². The third-order valence-corrected chi connectivity index (χ3v) is 6.94. The summed E-state index contributed by atoms with van der Waals surface area (Å²) in [6.45, 7) is 4.52. The Bertz CT molecular complexity index is 1070. The van der Waals surface area contributed by atoms with E-state index in [1.54, 1.807) is 24.3 Å². The maximum Gasteiger partial charge on any atom is 0.238 e. The number of carbonyl (C=O) groups is 1. The van der Waals surface area contributed by atoms with Crippen molar-refractivity contribution in [2.75, 3.05) is 30.4 Å². The molecule has 1 amide bonds. The fourth-order valence-electron chi connectivity index (χ4n) is 3.70. The number of sulfone groups is 1. The molecule has 0 spiro atoms. The van der Waals surface area contributed by atoms with Gasteiger partial charge in [0, 0.05) is 17.8 Å². The third kappa shape index (κ3) is 4.83. The molecule has 0 unspecified atom stereocenters. The predicted molar refractivity (Wildman–Crippen MR) is 110 cm³/mol. The minimum Gasteiger partial charge on any atom is -0.324 e. The van der Waals surface area contributed by atoms with Crippen molar-refractivity contribution in [2.45, 2.75) is 32.9 Å². The smallest absolute Gasteiger partial charge is 0.238 e. The van der Waals surface area contributed by atoms with Gasteiger partial charge in [-0.05, 0) is 39.4 Å². The molecule has 8 nitrogen and oxygen atoms in total. The van der Waals surface area contributed by atoms with Crippen LogP contribution >= 0.6 is 0 Å². The van der Waals surface area contributed by atoms with E-state index in [0.29, 0.717) is 24.2 Å². The van der Waals surface area contributed by atoms with Gasteiger partial charge in [0.25, 0.3) is 0 Å². The number of aromatic nitrogens is 2. The molecule has 1 saturated heterocycles. The fourth-order valence-corrected chi connectivity index (χ4v) is 5.39. The van der Waals surface area contributed by atoms with Crippen LogP contribution in [-0.2, 0) is 21.2 Å². The monoisotopic (exact) mass is 415 g/mol. The summed E-state index contributed by atoms with van der Waals surface area (Å²) in [7, 11) is -1.15. The first-order chi connectivity index (χ1) is 13.7. The van der Waals surface area contributed by atoms with Gasteiger partial charge in [-0.1, -0.05) is 12.1 Å². The van der Waals surface area contributed by atoms with Crippen LogP contribution in [0.2, 0.25) is 0 Å². The van der Waals surface area contributed by atoms with Gasteiger partial charge >= 0.3 is 0 Å². The fraction of sp³-hybridized carbons (Fsp3) is 0.450. The Kier molecular flexibility index (Phi) is 6.05. The molecule has 3 rings (SSSR count). The Hall–Kier alpha value is -2.70. The topological polar surface area (TPSA) is 108 Å². The Labute approximate surface area is 171 Å². The lowest BCUT2D eigenvalue weighted by atomic mass is 10.1. The first kappa shape index (κ1) is 21.0. The highest BCUT2D eigenvalue weighted by Gasteiger charge is 2.31. The van der Waals surface area contributed by atoms with Crippen LogP contribution in [0, 0.1) is 25.2 Å². The van der Waals surface area contributed by atoms with Crippen LogP contribution < -0.4 is 5.32 Å². The quantitative estimate of drug-likeness (QED) is 0.771. The normalized spacial score (nSPS) is 18.0. The number of nitriles is 1. The van der Waals surface area contributed by atoms with Crippen LogP contribution in [0.1, 0.15) is 35.0 Å². The van der Waals surface area contributed by atoms with Crippen LogP contribution in [0.4, 0.5) is 5.69 Å². The van der Waals surface area contributed by atoms with Crippen molar-refractivity contribution >= 4 is 21.4 Å². The second-order valence-corrected chi connectivity index (χ2v) is 9.76. The molecule has 0 aliphatic carbocycles. The number of amides is 1. The first-order valence-electron chi connectivity index (χ1n) is 9.42. The lowest BCUT2D eigenvalue weighted by molar-refractivity contribution is -0.117. The molecule has 2 aromatic rings. The summed E-state index contributed by atoms with van der Waals surface area (Å²) in [4.78, 5) is 14.3. The van der Waals surface area contributed by atoms with E-state index in [4.69, 9.17) is 5.26 Å². The van der Waals surface area contributed by atoms with Gasteiger partial charge in [-0.3, -0.25) is 14.4 Å². The van der Waals surface area contributed by atoms with Crippen LogP contribution in [0.25, 0.3) is 0 Å². The van der Waals surface area contributed by atoms with E-state index in [0.717, 1.165) is 17.0 Å². The number of para-hydroxylation sites is 1. The Morgan fingerprint density at radius 2 is 2.10 bits per heavy atom. The second kappa shape index (κ2) is 8.35. The molecule has 154 valence electrons. The van der Waals surface area contributed by atoms with Gasteiger partial charge in [-0.25, -0.2) is 8.42 Å². The van der Waals surface area contributed by atoms with E-state index in [2.05, 4.69) is 16.5 Å². The molecule has 1 aromatic carbocycles. The molecule has 9 heteroatoms. The van der Waals surface area contributed by atoms with Crippen molar-refractivity contribution in [2.24, 2.45) is 0 Å². The minimum atomic E-state index is -2.99. The molecule has 2 heterocycles. The van der Waals surface area contributed by atoms with Gasteiger partial charge in [-0.2, -0.15) is 10.4 Å². The van der Waals surface area contributed by atoms with Crippen LogP contribution in [0.5, 0.6) is 0 Å². The van der Waals surface area contributed by atoms with E-state index in [-0.39, 0.29) is 30.0 Å². The maximum absolute atomic E-state index is 12.4. The highest BCUT2D eigenvalue weighted by atomic mass is 32.2. The standard InChI is InChI=1S/C20H25N5O3S/c1-14-18(15(2)25(23-14)17-8-9-29(27,28)13-17)11-24(3)12-20(26)22-19-7-5-4-6-16(19)10-21/h4-7,17H,8-9,11-13H2,1-3H3,(H,22,26)/t17-/m0/s1. The molecule has 1 aliphatic heterocycles. The van der Waals surface area contributed by atoms with Gasteiger partial charge in [0.15, 0.2) is 9.84 Å². The molecule has 29 heavy (non-hydrogen) atoms. The van der Waals surface area contributed by atoms with Gasteiger partial charge in [-0.15, -0.1) is 0 Å². The summed E-state index contributed by atoms with van der Waals surface area (Å²) in [6, 6.07) is 8.81. The van der Waals surface area contributed by atoms with Crippen molar-refractivity contribution in [1.29, 1.82) is 5.26 Å². The van der Waals surface area contributed by atoms with Crippen LogP contribution in [-0.4, -0.2) is 54.1 Å². The number of nitrogens with one attached hydrogen (secondary N) is 1. The SMILES string of the molecule is Cc1nn([C@H]2CCS(=O)(=O)C2)c(C)c1CN(C)CC(=O)Nc1ccccc1C#N. The number of anilines is 1. The average molecular weight is 416 g/mol. The zero-order chi connectivity index (χ0) is 21.2. The van der Waals surface area contributed by atoms with Crippen molar-refractivity contribution in [3.63, 3.8) is 0 Å². The number of carbonyl (C=O) groups excluding carboxylic acids is 1. The summed E-state index contributed by atoms with van der Waals surface area (Å²) in [5, 5.41) is 16.5. The summed E-state index contributed by atoms with van der Waals surface area (Å²) in [5.41, 5.74) is 3.70. The van der Waals surface area contributed by atoms with E-state index >= 15 is 0 Å². The molecule has 0 saturated carbocycles. The largest absolute Gasteiger partial charge is 0.324 e. The van der Waals surface area contributed by atoms with Crippen molar-refractivity contribution < 1.29 is 13.2 Å². The summed E-state index contributed by atoms with van der Waals surface area (Å²) >= 11 is 0. The number of nitrogens with zero attached hydrogens (tertiary/aromatic N) is 4. The summed E-state index contributed by atoms with van der Waals surface area (Å²) in [5.74, 6) is 0.125. The molecule has 1 atom stereocenters. The lowest BCUT2D eigenvalue weighted by Crippen LogP contribution is -2.30. The van der Waals surface area contributed by atoms with Gasteiger partial charge in [0.1, 0.15) is 6.07 Å². The van der Waals surface area contributed by atoms with Crippen LogP contribution in [0.15, 0.2) is 24.3 Å². The maximum atomic E-state index is 12.4. The molecule has 1 aromatic heterocycles. The Balaban J connectivity index is 1.66. The number of hydrogen-bond acceptors (Lipinski definition) is 6. The Morgan fingerprint density at radius 1 is 1.38 bits per heavy atom. The minimum absolute atomic E-state index is 0.122. The highest BCUT2D eigenvalue weighted by Crippen LogP contribution is 2.27. The van der Waals surface area contributed by atoms with Gasteiger partial charge in [0.2, 0.25) is 5.91 Å². The second-order valence-electron chi connectivity index (χ2n) is 7.53. The molecular weight excluding hydrogens is 390 g/mol. The average Bonchev–Trinajstić information content (AvgIpc) is 3.15. The lowest BCUT2D eigenvalue weighted by Gasteiger charge is -2.17. The summed E-state index contributed by atoms with van der Waals surface area (Å²) < 4.78 is 25.4. The molecule has 1 aliphatic rings. The number of benzene rings is 1. The number of likely N-dealkylation sites (N-methyl/N-ethyl adjacent to an activating group) is 1. The van der Waals surface area contributed by atoms with E-state index < -0.39 is 9.84 Å².